The van der Waals surface area contributed by atoms with Crippen molar-refractivity contribution in [1.82, 2.24) is 4.98 Å². The van der Waals surface area contributed by atoms with Crippen LogP contribution in [0.2, 0.25) is 0 Å². The maximum absolute atomic E-state index is 12.8. The molecular formula is C20H15F3N2O2. The highest BCUT2D eigenvalue weighted by atomic mass is 19.4. The summed E-state index contributed by atoms with van der Waals surface area (Å²) in [5.41, 5.74) is 1.93. The van der Waals surface area contributed by atoms with Gasteiger partial charge in [-0.3, -0.25) is 4.98 Å². The number of carboxylic acids is 1. The lowest BCUT2D eigenvalue weighted by molar-refractivity contribution is -0.137. The molecule has 2 N–H and O–H groups in total. The van der Waals surface area contributed by atoms with Crippen molar-refractivity contribution in [3.05, 3.63) is 77.5 Å². The Balaban J connectivity index is 1.87. The van der Waals surface area contributed by atoms with Crippen molar-refractivity contribution in [3.63, 3.8) is 0 Å². The second kappa shape index (κ2) is 7.11. The normalized spacial score (nSPS) is 11.3. The van der Waals surface area contributed by atoms with Gasteiger partial charge in [-0.2, -0.15) is 13.2 Å². The number of carboxylic acid groups (broad SMARTS) is 1. The van der Waals surface area contributed by atoms with Crippen molar-refractivity contribution in [2.45, 2.75) is 13.1 Å². The zero-order chi connectivity index (χ0) is 19.6. The Morgan fingerprint density at radius 2 is 1.85 bits per heavy atom. The Bertz CT molecular complexity index is 983. The van der Waals surface area contributed by atoms with E-state index in [9.17, 15) is 23.1 Å². The Hall–Kier alpha value is -3.35. The number of nitrogens with zero attached hydrogens (tertiary/aromatic N) is 1. The van der Waals surface area contributed by atoms with E-state index in [0.29, 0.717) is 22.6 Å². The van der Waals surface area contributed by atoms with Gasteiger partial charge in [0.05, 0.1) is 34.4 Å². The predicted octanol–water partition coefficient (Wildman–Crippen LogP) is 5.52. The lowest BCUT2D eigenvalue weighted by Crippen LogP contribution is -2.04. The van der Waals surface area contributed by atoms with Gasteiger partial charge in [-0.05, 0) is 48.9 Å². The van der Waals surface area contributed by atoms with Crippen LogP contribution in [0.3, 0.4) is 0 Å². The highest BCUT2D eigenvalue weighted by Gasteiger charge is 2.30. The molecule has 4 nitrogen and oxygen atoms in total. The van der Waals surface area contributed by atoms with Crippen molar-refractivity contribution in [2.75, 3.05) is 5.32 Å². The standard InChI is InChI=1S/C20H15F3N2O2/c1-12-5-7-16(19(26)27)18(9-12)25-15-6-8-17(24-11-15)13-3-2-4-14(10-13)20(21,22)23/h2-11,25H,1H3,(H,26,27). The maximum Gasteiger partial charge on any atom is 0.416 e. The minimum atomic E-state index is -4.42. The van der Waals surface area contributed by atoms with Gasteiger partial charge in [0, 0.05) is 5.56 Å². The molecule has 1 heterocycles. The van der Waals surface area contributed by atoms with Gasteiger partial charge in [-0.1, -0.05) is 18.2 Å². The van der Waals surface area contributed by atoms with Crippen LogP contribution in [-0.4, -0.2) is 16.1 Å². The van der Waals surface area contributed by atoms with E-state index in [1.54, 1.807) is 30.3 Å². The Labute approximate surface area is 153 Å². The number of alkyl halides is 3. The summed E-state index contributed by atoms with van der Waals surface area (Å²) in [6.45, 7) is 1.84. The first-order chi connectivity index (χ1) is 12.7. The minimum Gasteiger partial charge on any atom is -0.478 e. The summed E-state index contributed by atoms with van der Waals surface area (Å²) in [5, 5.41) is 12.3. The number of benzene rings is 2. The number of halogens is 3. The molecular weight excluding hydrogens is 357 g/mol. The first-order valence-electron chi connectivity index (χ1n) is 7.99. The molecule has 2 aromatic carbocycles. The molecule has 0 unspecified atom stereocenters. The van der Waals surface area contributed by atoms with Crippen LogP contribution in [0.1, 0.15) is 21.5 Å². The highest BCUT2D eigenvalue weighted by molar-refractivity contribution is 5.95. The highest BCUT2D eigenvalue weighted by Crippen LogP contribution is 2.32. The quantitative estimate of drug-likeness (QED) is 0.633. The van der Waals surface area contributed by atoms with Crippen LogP contribution in [-0.2, 0) is 6.18 Å². The second-order valence-electron chi connectivity index (χ2n) is 5.99. The Morgan fingerprint density at radius 1 is 1.07 bits per heavy atom. The van der Waals surface area contributed by atoms with E-state index in [1.807, 2.05) is 6.92 Å². The molecule has 0 saturated carbocycles. The smallest absolute Gasteiger partial charge is 0.416 e. The zero-order valence-corrected chi connectivity index (χ0v) is 14.2. The third-order valence-corrected chi connectivity index (χ3v) is 3.93. The molecule has 0 saturated heterocycles. The lowest BCUT2D eigenvalue weighted by atomic mass is 10.1. The average molecular weight is 372 g/mol. The van der Waals surface area contributed by atoms with Gasteiger partial charge in [0.2, 0.25) is 0 Å². The van der Waals surface area contributed by atoms with Crippen molar-refractivity contribution in [2.24, 2.45) is 0 Å². The van der Waals surface area contributed by atoms with Crippen LogP contribution in [0.4, 0.5) is 24.5 Å². The number of aromatic carboxylic acids is 1. The fraction of sp³-hybridized carbons (Fsp3) is 0.100. The van der Waals surface area contributed by atoms with Crippen molar-refractivity contribution < 1.29 is 23.1 Å². The van der Waals surface area contributed by atoms with Crippen molar-refractivity contribution in [3.8, 4) is 11.3 Å². The molecule has 0 fully saturated rings. The molecule has 3 rings (SSSR count). The average Bonchev–Trinajstić information content (AvgIpc) is 2.61. The van der Waals surface area contributed by atoms with Crippen LogP contribution >= 0.6 is 0 Å². The third kappa shape index (κ3) is 4.25. The topological polar surface area (TPSA) is 62.2 Å². The number of rotatable bonds is 4. The van der Waals surface area contributed by atoms with Crippen LogP contribution < -0.4 is 5.32 Å². The predicted molar refractivity (Wildman–Crippen MR) is 96.1 cm³/mol. The van der Waals surface area contributed by atoms with Crippen LogP contribution in [0.15, 0.2) is 60.8 Å². The number of hydrogen-bond acceptors (Lipinski definition) is 3. The molecule has 3 aromatic rings. The van der Waals surface area contributed by atoms with Crippen LogP contribution in [0.25, 0.3) is 11.3 Å². The number of pyridine rings is 1. The molecule has 0 radical (unpaired) electrons. The molecule has 0 aliphatic rings. The van der Waals surface area contributed by atoms with Crippen LogP contribution in [0.5, 0.6) is 0 Å². The molecule has 0 atom stereocenters. The van der Waals surface area contributed by atoms with Crippen LogP contribution in [0, 0.1) is 6.92 Å². The van der Waals surface area contributed by atoms with E-state index >= 15 is 0 Å². The number of anilines is 2. The first kappa shape index (κ1) is 18.4. The van der Waals surface area contributed by atoms with Gasteiger partial charge >= 0.3 is 12.1 Å². The summed E-state index contributed by atoms with van der Waals surface area (Å²) >= 11 is 0. The Kier molecular flexibility index (Phi) is 4.85. The van der Waals surface area contributed by atoms with E-state index < -0.39 is 17.7 Å². The van der Waals surface area contributed by atoms with Gasteiger partial charge in [0.25, 0.3) is 0 Å². The van der Waals surface area contributed by atoms with Gasteiger partial charge in [-0.25, -0.2) is 4.79 Å². The number of carbonyl (C=O) groups is 1. The van der Waals surface area contributed by atoms with Crippen molar-refractivity contribution in [1.29, 1.82) is 0 Å². The Morgan fingerprint density at radius 3 is 2.48 bits per heavy atom. The zero-order valence-electron chi connectivity index (χ0n) is 14.2. The minimum absolute atomic E-state index is 0.113. The number of hydrogen-bond donors (Lipinski definition) is 2. The molecule has 0 aliphatic heterocycles. The molecule has 0 aliphatic carbocycles. The molecule has 0 amide bonds. The molecule has 0 spiro atoms. The van der Waals surface area contributed by atoms with E-state index in [1.165, 1.54) is 18.3 Å². The van der Waals surface area contributed by atoms with E-state index in [4.69, 9.17) is 0 Å². The lowest BCUT2D eigenvalue weighted by Gasteiger charge is -2.11. The van der Waals surface area contributed by atoms with Crippen molar-refractivity contribution >= 4 is 17.3 Å². The van der Waals surface area contributed by atoms with E-state index in [0.717, 1.165) is 17.7 Å². The van der Waals surface area contributed by atoms with Gasteiger partial charge in [0.15, 0.2) is 0 Å². The molecule has 1 aromatic heterocycles. The second-order valence-corrected chi connectivity index (χ2v) is 5.99. The molecule has 0 bridgehead atoms. The number of aryl methyl sites for hydroxylation is 1. The monoisotopic (exact) mass is 372 g/mol. The summed E-state index contributed by atoms with van der Waals surface area (Å²) in [7, 11) is 0. The van der Waals surface area contributed by atoms with Gasteiger partial charge in [-0.15, -0.1) is 0 Å². The summed E-state index contributed by atoms with van der Waals surface area (Å²) in [5.74, 6) is -1.06. The first-order valence-corrected chi connectivity index (χ1v) is 7.99. The SMILES string of the molecule is Cc1ccc(C(=O)O)c(Nc2ccc(-c3cccc(C(F)(F)F)c3)nc2)c1. The molecule has 138 valence electrons. The number of nitrogens with one attached hydrogen (secondary N) is 1. The fourth-order valence-electron chi connectivity index (χ4n) is 2.60. The summed E-state index contributed by atoms with van der Waals surface area (Å²) in [6, 6.07) is 13.0. The van der Waals surface area contributed by atoms with Gasteiger partial charge < -0.3 is 10.4 Å². The maximum atomic E-state index is 12.8. The van der Waals surface area contributed by atoms with E-state index in [2.05, 4.69) is 10.3 Å². The fourth-order valence-corrected chi connectivity index (χ4v) is 2.60. The summed E-state index contributed by atoms with van der Waals surface area (Å²) in [6.07, 6.45) is -2.97. The third-order valence-electron chi connectivity index (χ3n) is 3.93. The largest absolute Gasteiger partial charge is 0.478 e. The van der Waals surface area contributed by atoms with Gasteiger partial charge in [0.1, 0.15) is 0 Å². The summed E-state index contributed by atoms with van der Waals surface area (Å²) < 4.78 is 38.5. The summed E-state index contributed by atoms with van der Waals surface area (Å²) in [4.78, 5) is 15.5. The number of aromatic nitrogens is 1. The van der Waals surface area contributed by atoms with E-state index in [-0.39, 0.29) is 5.56 Å². The molecule has 27 heavy (non-hydrogen) atoms. The molecule has 7 heteroatoms.